The Balaban J connectivity index is 0.000000185. The Kier molecular flexibility index (Phi) is 26.7. The first-order valence-electron chi connectivity index (χ1n) is 49.7. The molecular weight excluding hydrogens is 1480 g/mol. The summed E-state index contributed by atoms with van der Waals surface area (Å²) >= 11 is 0. The van der Waals surface area contributed by atoms with Gasteiger partial charge in [-0.15, -0.1) is 0 Å². The van der Waals surface area contributed by atoms with E-state index in [1.54, 1.807) is 0 Å². The van der Waals surface area contributed by atoms with Gasteiger partial charge in [-0.1, -0.05) is 83.1 Å². The summed E-state index contributed by atoms with van der Waals surface area (Å²) in [7, 11) is 0. The van der Waals surface area contributed by atoms with E-state index in [0.717, 1.165) is 180 Å². The molecule has 18 nitrogen and oxygen atoms in total. The zero-order valence-corrected chi connectivity index (χ0v) is 75.4. The van der Waals surface area contributed by atoms with Crippen molar-refractivity contribution in [3.05, 3.63) is 0 Å². The normalized spacial score (nSPS) is 51.1. The van der Waals surface area contributed by atoms with E-state index in [-0.39, 0.29) is 175 Å². The van der Waals surface area contributed by atoms with Crippen molar-refractivity contribution >= 4 is 23.6 Å². The molecule has 672 valence electrons. The highest BCUT2D eigenvalue weighted by atomic mass is 16.3. The molecule has 0 bridgehead atoms. The van der Waals surface area contributed by atoms with E-state index in [1.165, 1.54) is 38.5 Å². The van der Waals surface area contributed by atoms with Gasteiger partial charge in [0.2, 0.25) is 23.6 Å². The molecule has 0 saturated heterocycles. The lowest BCUT2D eigenvalue weighted by Gasteiger charge is -2.63. The van der Waals surface area contributed by atoms with Crippen molar-refractivity contribution in [2.45, 2.75) is 388 Å². The highest BCUT2D eigenvalue weighted by Crippen LogP contribution is 2.74. The lowest BCUT2D eigenvalue weighted by Crippen LogP contribution is -2.62. The Labute approximate surface area is 711 Å². The smallest absolute Gasteiger partial charge is 0.220 e. The molecule has 0 aromatic rings. The maximum absolute atomic E-state index is 13.0. The maximum atomic E-state index is 13.0. The van der Waals surface area contributed by atoms with Crippen LogP contribution in [0.15, 0.2) is 0 Å². The average Bonchev–Trinajstić information content (AvgIpc) is 1.06. The van der Waals surface area contributed by atoms with Crippen LogP contribution in [-0.4, -0.2) is 162 Å². The van der Waals surface area contributed by atoms with Crippen LogP contribution in [0.4, 0.5) is 0 Å². The number of hydrogen-bond acceptors (Lipinski definition) is 14. The molecule has 4 amide bonds. The minimum Gasteiger partial charge on any atom is -0.393 e. The van der Waals surface area contributed by atoms with Gasteiger partial charge >= 0.3 is 0 Å². The first kappa shape index (κ1) is 90.3. The predicted molar refractivity (Wildman–Crippen MR) is 459 cm³/mol. The van der Waals surface area contributed by atoms with E-state index in [0.29, 0.717) is 135 Å². The number of rotatable bonds is 22. The third kappa shape index (κ3) is 15.8. The van der Waals surface area contributed by atoms with E-state index >= 15 is 0 Å². The number of amides is 4. The molecule has 0 aromatic carbocycles. The monoisotopic (exact) mass is 1650 g/mol. The number of fused-ring (bicyclic) bond motifs is 20. The van der Waals surface area contributed by atoms with Gasteiger partial charge in [-0.25, -0.2) is 0 Å². The Morgan fingerprint density at radius 3 is 0.814 bits per heavy atom. The first-order chi connectivity index (χ1) is 55.8. The fraction of sp³-hybridized carbons (Fsp3) is 0.960. The van der Waals surface area contributed by atoms with Crippen LogP contribution in [0.3, 0.4) is 0 Å². The molecule has 0 aromatic heterocycles. The first-order valence-corrected chi connectivity index (χ1v) is 49.7. The van der Waals surface area contributed by atoms with Crippen molar-refractivity contribution < 1.29 is 70.2 Å². The third-order valence-electron chi connectivity index (χ3n) is 42.9. The number of aliphatic hydroxyl groups is 10. The molecule has 16 fully saturated rings. The molecule has 16 aliphatic carbocycles. The third-order valence-corrected chi connectivity index (χ3v) is 42.9. The number of carbonyl (C=O) groups is 4. The van der Waals surface area contributed by atoms with E-state index in [4.69, 9.17) is 0 Å². The Morgan fingerprint density at radius 1 is 0.280 bits per heavy atom. The molecule has 16 saturated carbocycles. The summed E-state index contributed by atoms with van der Waals surface area (Å²) < 4.78 is 0. The topological polar surface area (TPSA) is 319 Å². The summed E-state index contributed by atoms with van der Waals surface area (Å²) in [6.07, 6.45) is 31.1. The zero-order valence-electron chi connectivity index (χ0n) is 75.4. The average molecular weight is 1650 g/mol. The number of hydrogen-bond donors (Lipinski definition) is 14. The van der Waals surface area contributed by atoms with Crippen molar-refractivity contribution in [2.75, 3.05) is 26.2 Å². The van der Waals surface area contributed by atoms with Gasteiger partial charge in [0.05, 0.1) is 61.0 Å². The van der Waals surface area contributed by atoms with Crippen LogP contribution < -0.4 is 21.3 Å². The van der Waals surface area contributed by atoms with Crippen LogP contribution in [0, 0.1) is 185 Å². The molecule has 0 spiro atoms. The molecule has 16 aliphatic rings. The lowest BCUT2D eigenvalue weighted by atomic mass is 9.43. The van der Waals surface area contributed by atoms with Crippen molar-refractivity contribution in [1.29, 1.82) is 0 Å². The second-order valence-electron chi connectivity index (χ2n) is 47.3. The van der Waals surface area contributed by atoms with E-state index in [1.807, 2.05) is 0 Å². The summed E-state index contributed by atoms with van der Waals surface area (Å²) in [4.78, 5) is 52.1. The van der Waals surface area contributed by atoms with E-state index in [9.17, 15) is 70.2 Å². The predicted octanol–water partition coefficient (Wildman–Crippen LogP) is 14.0. The Bertz CT molecular complexity index is 3270. The van der Waals surface area contributed by atoms with Crippen LogP contribution in [0.1, 0.15) is 327 Å². The summed E-state index contributed by atoms with van der Waals surface area (Å²) in [5, 5.41) is 125. The Hall–Kier alpha value is -2.52. The van der Waals surface area contributed by atoms with Crippen molar-refractivity contribution in [1.82, 2.24) is 21.3 Å². The van der Waals surface area contributed by atoms with Gasteiger partial charge in [0.15, 0.2) is 0 Å². The fourth-order valence-corrected chi connectivity index (χ4v) is 36.0. The zero-order chi connectivity index (χ0) is 84.5. The van der Waals surface area contributed by atoms with Crippen molar-refractivity contribution in [3.63, 3.8) is 0 Å². The lowest BCUT2D eigenvalue weighted by molar-refractivity contribution is -0.207. The SMILES string of the molecule is C[C@H](CCC(=O)NCCNC(=O)CC[C@@H](C)[C@H]1CCC2C3C(C[C@H](O)[C@@]21C)[C@@]1(C)CC[C@@H](O)CC1C[C@H]3O)[C@H]1CCC2C3C(C[C@H](O)[C@@]21C)[C@@]1(C)CC[C@@H](O)CC1C[C@H]3O.C[C@H](CCC(=O)NCCNC(=O)CC[C@@H](C)[C@H]1CCC2C3CCC4C[C@H](O)CC[C@]4(C)C3C[C@H](O)[C@@]21C)[C@H]1CCC2C3CCC4C[C@H](O)CC[C@]4(C)C3C[C@H](O)[C@@]21C. The summed E-state index contributed by atoms with van der Waals surface area (Å²) in [5.74, 6) is 9.52. The molecule has 0 aliphatic heterocycles. The van der Waals surface area contributed by atoms with Gasteiger partial charge in [0.1, 0.15) is 0 Å². The minimum absolute atomic E-state index is 0.0131. The summed E-state index contributed by atoms with van der Waals surface area (Å²) in [5.41, 5.74) is -0.155. The van der Waals surface area contributed by atoms with Crippen LogP contribution in [0.5, 0.6) is 0 Å². The van der Waals surface area contributed by atoms with Crippen molar-refractivity contribution in [3.8, 4) is 0 Å². The molecule has 16 rings (SSSR count). The Morgan fingerprint density at radius 2 is 0.525 bits per heavy atom. The minimum atomic E-state index is -0.436. The van der Waals surface area contributed by atoms with Gasteiger partial charge in [0.25, 0.3) is 0 Å². The molecule has 42 atom stereocenters. The number of aliphatic hydroxyl groups excluding tert-OH is 10. The van der Waals surface area contributed by atoms with Crippen molar-refractivity contribution in [2.24, 2.45) is 185 Å². The van der Waals surface area contributed by atoms with Gasteiger partial charge < -0.3 is 72.3 Å². The van der Waals surface area contributed by atoms with Gasteiger partial charge in [-0.3, -0.25) is 19.2 Å². The molecule has 0 heterocycles. The largest absolute Gasteiger partial charge is 0.393 e. The van der Waals surface area contributed by atoms with Gasteiger partial charge in [-0.05, 0) is 404 Å². The maximum Gasteiger partial charge on any atom is 0.220 e. The number of nitrogens with one attached hydrogen (secondary N) is 4. The molecule has 18 heteroatoms. The molecule has 16 unspecified atom stereocenters. The van der Waals surface area contributed by atoms with Gasteiger partial charge in [-0.2, -0.15) is 0 Å². The number of carbonyl (C=O) groups excluding carboxylic acids is 4. The van der Waals surface area contributed by atoms with E-state index in [2.05, 4.69) is 104 Å². The molecular formula is C100H168N4O14. The highest BCUT2D eigenvalue weighted by Gasteiger charge is 2.71. The van der Waals surface area contributed by atoms with Crippen LogP contribution in [0.25, 0.3) is 0 Å². The molecule has 14 N–H and O–H groups in total. The van der Waals surface area contributed by atoms with Gasteiger partial charge in [0, 0.05) is 51.9 Å². The highest BCUT2D eigenvalue weighted by molar-refractivity contribution is 5.78. The summed E-state index contributed by atoms with van der Waals surface area (Å²) in [6, 6.07) is 0. The summed E-state index contributed by atoms with van der Waals surface area (Å²) in [6.45, 7) is 29.7. The van der Waals surface area contributed by atoms with Crippen LogP contribution >= 0.6 is 0 Å². The molecule has 118 heavy (non-hydrogen) atoms. The molecule has 0 radical (unpaired) electrons. The fourth-order valence-electron chi connectivity index (χ4n) is 36.0. The second-order valence-corrected chi connectivity index (χ2v) is 47.3. The standard InChI is InChI=1S/C50H84N2O8.C50H84N2O6/c1-27(33-9-11-35-45-37(25-41(57)49(33,35)5)47(3)17-15-31(53)21-29(47)23-39(45)55)7-13-43(59)51-19-20-52-44(60)14-8-28(2)34-10-12-36-46-38(26-42(58)50(34,36)6)48(4)18-16-32(54)22-30(48)24-40(46)56;1-29(37-13-15-39-35-11-9-31-25-33(53)19-21-47(31,3)41(35)27-43(55)49(37,39)5)7-17-45(57)51-23-24-52-46(58)18-8-30(2)38-14-16-40-36-12-10-32-26-34(54)20-22-48(32,4)42(36)28-44(56)50(38,40)6/h27-42,45-46,53-58H,7-26H2,1-6H3,(H,51,59)(H,52,60);29-44,53-56H,7-28H2,1-6H3,(H,51,57)(H,52,58)/t27-,28-,29?,30?,31-,32-,33-,34-,35?,36?,37?,38?,39-,40-,41+,42+,45?,46?,47+,48+,49-,50-;29-,30-,31?,32?,33-,34-,35?,36?,37-,38-,39?,40?,41?,42?,43+,44+,47+,48+,49-,50-/m11/s1. The van der Waals surface area contributed by atoms with E-state index < -0.39 is 12.2 Å². The quantitative estimate of drug-likeness (QED) is 0.0449. The van der Waals surface area contributed by atoms with Crippen LogP contribution in [-0.2, 0) is 19.2 Å². The second kappa shape index (κ2) is 34.9. The van der Waals surface area contributed by atoms with Crippen LogP contribution in [0.2, 0.25) is 0 Å².